The van der Waals surface area contributed by atoms with Crippen molar-refractivity contribution in [3.63, 3.8) is 0 Å². The fourth-order valence-electron chi connectivity index (χ4n) is 0.439. The molecule has 0 aromatic heterocycles. The van der Waals surface area contributed by atoms with Gasteiger partial charge in [-0.2, -0.15) is 0 Å². The Bertz CT molecular complexity index is 171. The summed E-state index contributed by atoms with van der Waals surface area (Å²) >= 11 is 3.02. The highest BCUT2D eigenvalue weighted by molar-refractivity contribution is 9.10. The minimum absolute atomic E-state index is 0. The second kappa shape index (κ2) is 7.53. The maximum atomic E-state index is 12.3. The van der Waals surface area contributed by atoms with Crippen LogP contribution in [0.3, 0.4) is 0 Å². The molecule has 0 spiro atoms. The molecule has 0 saturated carbocycles. The van der Waals surface area contributed by atoms with Crippen molar-refractivity contribution in [1.29, 1.82) is 0 Å². The van der Waals surface area contributed by atoms with E-state index < -0.39 is 0 Å². The molecule has 0 bridgehead atoms. The van der Waals surface area contributed by atoms with E-state index in [0.29, 0.717) is 4.47 Å². The molecule has 66 valence electrons. The average molecular weight is 235 g/mol. The van der Waals surface area contributed by atoms with Gasteiger partial charge in [-0.3, -0.25) is 14.1 Å². The summed E-state index contributed by atoms with van der Waals surface area (Å²) in [5.74, 6) is -0.215. The van der Waals surface area contributed by atoms with E-state index >= 15 is 0 Å². The van der Waals surface area contributed by atoms with Crippen molar-refractivity contribution in [3.05, 3.63) is 34.6 Å². The van der Waals surface area contributed by atoms with Crippen LogP contribution in [-0.4, -0.2) is 0 Å². The maximum absolute atomic E-state index is 12.3. The minimum Gasteiger partial charge on any atom is -0.269 e. The highest BCUT2D eigenvalue weighted by Gasteiger charge is 1.90. The van der Waals surface area contributed by atoms with E-state index in [4.69, 9.17) is 0 Å². The molecular weight excluding hydrogens is 228 g/mol. The number of rotatable bonds is 0. The molecule has 0 aliphatic heterocycles. The molecule has 0 amide bonds. The van der Waals surface area contributed by atoms with Crippen LogP contribution in [0.1, 0.15) is 0 Å². The maximum Gasteiger partial charge on any atom is 0.137 e. The topological polar surface area (TPSA) is 0 Å². The fourth-order valence-corrected chi connectivity index (χ4v) is 0.724. The first-order valence-electron chi connectivity index (χ1n) is 2.21. The minimum atomic E-state index is -0.215. The summed E-state index contributed by atoms with van der Waals surface area (Å²) in [6.45, 7) is 0. The Balaban J connectivity index is -0.000000213. The van der Waals surface area contributed by atoms with Crippen LogP contribution in [0.15, 0.2) is 28.7 Å². The second-order valence-electron chi connectivity index (χ2n) is 1.41. The van der Waals surface area contributed by atoms with Gasteiger partial charge in [-0.15, -0.1) is 0 Å². The highest BCUT2D eigenvalue weighted by atomic mass is 79.9. The van der Waals surface area contributed by atoms with Crippen LogP contribution in [0.5, 0.6) is 0 Å². The molecular formula is C6H7BrF4. The van der Waals surface area contributed by atoms with Gasteiger partial charge in [-0.25, -0.2) is 4.39 Å². The van der Waals surface area contributed by atoms with Crippen molar-refractivity contribution in [2.45, 2.75) is 0 Å². The normalized spacial score (nSPS) is 6.73. The van der Waals surface area contributed by atoms with Crippen LogP contribution in [-0.2, 0) is 0 Å². The summed E-state index contributed by atoms with van der Waals surface area (Å²) in [7, 11) is 0. The quantitative estimate of drug-likeness (QED) is 0.606. The third-order valence-electron chi connectivity index (χ3n) is 0.824. The molecule has 1 aromatic rings. The number of benzene rings is 1. The zero-order valence-corrected chi connectivity index (χ0v) is 6.88. The summed E-state index contributed by atoms with van der Waals surface area (Å²) in [5, 5.41) is 0. The smallest absolute Gasteiger partial charge is 0.137 e. The third-order valence-corrected chi connectivity index (χ3v) is 1.47. The Hall–Kier alpha value is -0.580. The molecule has 0 unspecified atom stereocenters. The first kappa shape index (κ1) is 16.8. The molecule has 0 fully saturated rings. The molecule has 0 aliphatic carbocycles. The van der Waals surface area contributed by atoms with Crippen LogP contribution in [0, 0.1) is 5.82 Å². The lowest BCUT2D eigenvalue weighted by molar-refractivity contribution is 0.621. The lowest BCUT2D eigenvalue weighted by Crippen LogP contribution is -1.70. The molecule has 0 saturated heterocycles. The Kier molecular flexibility index (Phi) is 11.5. The number of hydrogen-bond acceptors (Lipinski definition) is 0. The zero-order valence-electron chi connectivity index (χ0n) is 5.29. The van der Waals surface area contributed by atoms with Crippen molar-refractivity contribution >= 4 is 15.9 Å². The van der Waals surface area contributed by atoms with E-state index in [9.17, 15) is 4.39 Å². The zero-order chi connectivity index (χ0) is 5.98. The van der Waals surface area contributed by atoms with Gasteiger partial charge >= 0.3 is 0 Å². The van der Waals surface area contributed by atoms with E-state index in [1.54, 1.807) is 18.2 Å². The van der Waals surface area contributed by atoms with Gasteiger partial charge in [-0.1, -0.05) is 12.1 Å². The Morgan fingerprint density at radius 2 is 1.45 bits per heavy atom. The van der Waals surface area contributed by atoms with Crippen molar-refractivity contribution in [3.8, 4) is 0 Å². The standard InChI is InChI=1S/C6H4BrF.3FH/c7-5-3-1-2-4-6(5)8;;;/h1-4H;3*1H. The summed E-state index contributed by atoms with van der Waals surface area (Å²) < 4.78 is 12.8. The lowest BCUT2D eigenvalue weighted by Gasteiger charge is -1.87. The van der Waals surface area contributed by atoms with Crippen LogP contribution >= 0.6 is 15.9 Å². The van der Waals surface area contributed by atoms with Gasteiger partial charge in [0, 0.05) is 0 Å². The molecule has 1 rings (SSSR count). The van der Waals surface area contributed by atoms with E-state index in [1.807, 2.05) is 0 Å². The predicted molar refractivity (Wildman–Crippen MR) is 41.6 cm³/mol. The molecule has 0 N–H and O–H groups in total. The summed E-state index contributed by atoms with van der Waals surface area (Å²) in [6.07, 6.45) is 0. The number of hydrogen-bond donors (Lipinski definition) is 0. The van der Waals surface area contributed by atoms with Gasteiger partial charge in [0.05, 0.1) is 4.47 Å². The Morgan fingerprint density at radius 3 is 1.73 bits per heavy atom. The largest absolute Gasteiger partial charge is 0.269 e. The first-order chi connectivity index (χ1) is 3.80. The lowest BCUT2D eigenvalue weighted by atomic mass is 10.4. The SMILES string of the molecule is F.F.F.Fc1ccccc1Br. The van der Waals surface area contributed by atoms with E-state index in [2.05, 4.69) is 15.9 Å². The van der Waals surface area contributed by atoms with Crippen LogP contribution in [0.4, 0.5) is 18.5 Å². The molecule has 0 aliphatic rings. The second-order valence-corrected chi connectivity index (χ2v) is 2.27. The molecule has 0 nitrogen and oxygen atoms in total. The Morgan fingerprint density at radius 1 is 1.00 bits per heavy atom. The van der Waals surface area contributed by atoms with Gasteiger partial charge in [-0.05, 0) is 28.1 Å². The summed E-state index contributed by atoms with van der Waals surface area (Å²) in [5.41, 5.74) is 0. The van der Waals surface area contributed by atoms with Crippen molar-refractivity contribution in [1.82, 2.24) is 0 Å². The molecule has 0 atom stereocenters. The number of halogens is 5. The molecule has 11 heavy (non-hydrogen) atoms. The molecule has 0 radical (unpaired) electrons. The van der Waals surface area contributed by atoms with E-state index in [-0.39, 0.29) is 19.9 Å². The van der Waals surface area contributed by atoms with Crippen LogP contribution in [0.2, 0.25) is 0 Å². The van der Waals surface area contributed by atoms with Gasteiger partial charge < -0.3 is 0 Å². The predicted octanol–water partition coefficient (Wildman–Crippen LogP) is 3.05. The van der Waals surface area contributed by atoms with Crippen molar-refractivity contribution < 1.29 is 18.5 Å². The van der Waals surface area contributed by atoms with Crippen LogP contribution in [0.25, 0.3) is 0 Å². The van der Waals surface area contributed by atoms with Crippen molar-refractivity contribution in [2.75, 3.05) is 0 Å². The highest BCUT2D eigenvalue weighted by Crippen LogP contribution is 2.12. The molecule has 1 aromatic carbocycles. The summed E-state index contributed by atoms with van der Waals surface area (Å²) in [6, 6.07) is 6.49. The molecule has 0 heterocycles. The summed E-state index contributed by atoms with van der Waals surface area (Å²) in [4.78, 5) is 0. The first-order valence-corrected chi connectivity index (χ1v) is 3.00. The third kappa shape index (κ3) is 4.78. The average Bonchev–Trinajstić information content (AvgIpc) is 1.77. The van der Waals surface area contributed by atoms with E-state index in [0.717, 1.165) is 0 Å². The van der Waals surface area contributed by atoms with Crippen molar-refractivity contribution in [2.24, 2.45) is 0 Å². The molecule has 5 heteroatoms. The van der Waals surface area contributed by atoms with Gasteiger partial charge in [0.25, 0.3) is 0 Å². The van der Waals surface area contributed by atoms with Gasteiger partial charge in [0.1, 0.15) is 5.82 Å². The Labute approximate surface area is 69.7 Å². The van der Waals surface area contributed by atoms with Gasteiger partial charge in [0.2, 0.25) is 0 Å². The van der Waals surface area contributed by atoms with E-state index in [1.165, 1.54) is 6.07 Å². The van der Waals surface area contributed by atoms with Gasteiger partial charge in [0.15, 0.2) is 0 Å². The monoisotopic (exact) mass is 234 g/mol. The van der Waals surface area contributed by atoms with Crippen LogP contribution < -0.4 is 0 Å². The fraction of sp³-hybridized carbons (Fsp3) is 0.